The molecule has 1 fully saturated rings. The third kappa shape index (κ3) is 40.9. The lowest BCUT2D eigenvalue weighted by atomic mass is 9.99. The monoisotopic (exact) mass is 1030 g/mol. The van der Waals surface area contributed by atoms with Crippen LogP contribution in [0.15, 0.2) is 122 Å². The summed E-state index contributed by atoms with van der Waals surface area (Å²) in [7, 11) is -5.08. The second kappa shape index (κ2) is 48.4. The van der Waals surface area contributed by atoms with Crippen LogP contribution in [0.3, 0.4) is 0 Å². The first-order chi connectivity index (χ1) is 35.1. The van der Waals surface area contributed by atoms with Crippen molar-refractivity contribution in [2.24, 2.45) is 0 Å². The van der Waals surface area contributed by atoms with Crippen LogP contribution in [0, 0.1) is 0 Å². The van der Waals surface area contributed by atoms with Gasteiger partial charge in [-0.2, -0.15) is 8.42 Å². The van der Waals surface area contributed by atoms with E-state index in [0.29, 0.717) is 13.0 Å². The molecule has 4 N–H and O–H groups in total. The van der Waals surface area contributed by atoms with Crippen LogP contribution in [0.1, 0.15) is 181 Å². The first-order valence-electron chi connectivity index (χ1n) is 27.3. The minimum atomic E-state index is -5.08. The summed E-state index contributed by atoms with van der Waals surface area (Å²) in [5.41, 5.74) is 0. The number of carbonyl (C=O) groups is 1. The zero-order valence-electron chi connectivity index (χ0n) is 44.2. The molecule has 410 valence electrons. The summed E-state index contributed by atoms with van der Waals surface area (Å²) in [5, 5.41) is 30.8. The molecule has 0 aromatic rings. The topological polar surface area (TPSA) is 178 Å². The smallest absolute Gasteiger partial charge is 0.397 e. The van der Waals surface area contributed by atoms with Gasteiger partial charge in [-0.3, -0.25) is 9.35 Å². The van der Waals surface area contributed by atoms with Gasteiger partial charge in [0.25, 0.3) is 0 Å². The molecule has 0 amide bonds. The SMILES string of the molecule is CC/C=C\C/C=C\C/C=C\C/C=C\C/C=C\C/C=C\C/C=C\CCCCCCOCC(COC1OC(CO)C(O)C(OS(=O)(=O)O)C1O)OC(=O)CCCCCCCC/C=C\C/C=C\C/C=C\CCCCC. The third-order valence-corrected chi connectivity index (χ3v) is 12.0. The molecule has 0 aromatic carbocycles. The molecule has 0 spiro atoms. The van der Waals surface area contributed by atoms with Crippen LogP contribution in [-0.2, 0) is 38.3 Å². The van der Waals surface area contributed by atoms with E-state index in [-0.39, 0.29) is 19.6 Å². The highest BCUT2D eigenvalue weighted by atomic mass is 32.3. The first kappa shape index (κ1) is 66.5. The van der Waals surface area contributed by atoms with Crippen LogP contribution in [-0.4, -0.2) is 97.5 Å². The van der Waals surface area contributed by atoms with Crippen molar-refractivity contribution in [1.29, 1.82) is 0 Å². The molecule has 1 heterocycles. The molecule has 1 saturated heterocycles. The number of hydrogen-bond donors (Lipinski definition) is 4. The van der Waals surface area contributed by atoms with Gasteiger partial charge in [-0.15, -0.1) is 0 Å². The molecule has 0 radical (unpaired) electrons. The summed E-state index contributed by atoms with van der Waals surface area (Å²) in [6, 6.07) is 0. The molecule has 1 rings (SSSR count). The second-order valence-corrected chi connectivity index (χ2v) is 19.1. The van der Waals surface area contributed by atoms with E-state index in [0.717, 1.165) is 128 Å². The number of unbranched alkanes of at least 4 members (excludes halogenated alkanes) is 13. The van der Waals surface area contributed by atoms with E-state index in [1.807, 2.05) is 0 Å². The average molecular weight is 1030 g/mol. The molecule has 6 atom stereocenters. The van der Waals surface area contributed by atoms with Gasteiger partial charge in [0.15, 0.2) is 6.29 Å². The van der Waals surface area contributed by atoms with Gasteiger partial charge in [0.05, 0.1) is 19.8 Å². The Hall–Kier alpha value is -3.50. The van der Waals surface area contributed by atoms with Crippen molar-refractivity contribution in [3.63, 3.8) is 0 Å². The predicted octanol–water partition coefficient (Wildman–Crippen LogP) is 13.3. The number of carbonyl (C=O) groups excluding carboxylic acids is 1. The Kier molecular flexibility index (Phi) is 44.7. The quantitative estimate of drug-likeness (QED) is 0.0197. The Labute approximate surface area is 436 Å². The van der Waals surface area contributed by atoms with Crippen molar-refractivity contribution in [2.45, 2.75) is 218 Å². The fourth-order valence-corrected chi connectivity index (χ4v) is 7.99. The number of rotatable bonds is 46. The summed E-state index contributed by atoms with van der Waals surface area (Å²) in [4.78, 5) is 12.9. The minimum Gasteiger partial charge on any atom is -0.457 e. The zero-order chi connectivity index (χ0) is 52.4. The molecule has 13 heteroatoms. The fraction of sp³-hybridized carbons (Fsp3) is 0.644. The maximum Gasteiger partial charge on any atom is 0.397 e. The van der Waals surface area contributed by atoms with Gasteiger partial charge < -0.3 is 34.3 Å². The van der Waals surface area contributed by atoms with Crippen LogP contribution >= 0.6 is 0 Å². The summed E-state index contributed by atoms with van der Waals surface area (Å²) in [6.45, 7) is 3.75. The number of aliphatic hydroxyl groups is 3. The van der Waals surface area contributed by atoms with Crippen LogP contribution in [0.2, 0.25) is 0 Å². The van der Waals surface area contributed by atoms with Gasteiger partial charge in [0.2, 0.25) is 0 Å². The van der Waals surface area contributed by atoms with E-state index in [1.54, 1.807) is 0 Å². The van der Waals surface area contributed by atoms with E-state index in [1.165, 1.54) is 25.7 Å². The highest BCUT2D eigenvalue weighted by molar-refractivity contribution is 7.80. The van der Waals surface area contributed by atoms with E-state index < -0.39 is 59.8 Å². The Bertz CT molecular complexity index is 1710. The number of ether oxygens (including phenoxy) is 4. The largest absolute Gasteiger partial charge is 0.457 e. The summed E-state index contributed by atoms with van der Waals surface area (Å²) < 4.78 is 59.3. The summed E-state index contributed by atoms with van der Waals surface area (Å²) in [5.74, 6) is -0.426. The molecule has 0 aliphatic carbocycles. The van der Waals surface area contributed by atoms with Crippen molar-refractivity contribution >= 4 is 16.4 Å². The van der Waals surface area contributed by atoms with Gasteiger partial charge in [0.1, 0.15) is 30.5 Å². The van der Waals surface area contributed by atoms with E-state index in [4.69, 9.17) is 18.9 Å². The second-order valence-electron chi connectivity index (χ2n) is 18.1. The molecular formula is C59H96O12S. The number of aliphatic hydroxyl groups excluding tert-OH is 3. The van der Waals surface area contributed by atoms with Crippen LogP contribution in [0.25, 0.3) is 0 Å². The van der Waals surface area contributed by atoms with Crippen molar-refractivity contribution in [3.8, 4) is 0 Å². The van der Waals surface area contributed by atoms with Gasteiger partial charge in [0, 0.05) is 13.0 Å². The maximum atomic E-state index is 12.9. The van der Waals surface area contributed by atoms with E-state index in [2.05, 4.69) is 140 Å². The van der Waals surface area contributed by atoms with Crippen molar-refractivity contribution in [1.82, 2.24) is 0 Å². The Balaban J connectivity index is 2.38. The summed E-state index contributed by atoms with van der Waals surface area (Å²) in [6.07, 6.45) is 60.8. The van der Waals surface area contributed by atoms with Gasteiger partial charge >= 0.3 is 16.4 Å². The first-order valence-corrected chi connectivity index (χ1v) is 28.7. The summed E-state index contributed by atoms with van der Waals surface area (Å²) >= 11 is 0. The Morgan fingerprint density at radius 3 is 1.40 bits per heavy atom. The van der Waals surface area contributed by atoms with Gasteiger partial charge in [-0.1, -0.05) is 187 Å². The number of esters is 1. The highest BCUT2D eigenvalue weighted by Crippen LogP contribution is 2.26. The van der Waals surface area contributed by atoms with Crippen LogP contribution < -0.4 is 0 Å². The lowest BCUT2D eigenvalue weighted by Gasteiger charge is -2.41. The molecule has 12 nitrogen and oxygen atoms in total. The standard InChI is InChI=1S/C59H96O12S/c1-3-5-7-9-11-13-15-17-19-21-23-24-25-26-27-28-29-31-33-35-37-39-41-43-45-47-49-67-51-53(52-68-59-57(63)58(71-72(64,65)66)56(62)54(50-60)70-59)69-55(61)48-46-44-42-40-38-36-34-32-30-22-20-18-16-14-12-10-8-6-4-2/h5,7,11-14,17-20,23-24,26-27,29-32,35,37,53-54,56-60,62-63H,3-4,6,8-10,15-16,21-22,25,28,33-34,36,38-52H2,1-2H3,(H,64,65,66)/b7-5-,13-11-,14-12-,19-17-,20-18-,24-23-,27-26-,31-29-,32-30-,37-35-. The lowest BCUT2D eigenvalue weighted by molar-refractivity contribution is -0.301. The molecule has 1 aliphatic heterocycles. The minimum absolute atomic E-state index is 0.00413. The molecular weight excluding hydrogens is 933 g/mol. The van der Waals surface area contributed by atoms with E-state index >= 15 is 0 Å². The van der Waals surface area contributed by atoms with E-state index in [9.17, 15) is 33.1 Å². The number of hydrogen-bond acceptors (Lipinski definition) is 11. The number of allylic oxidation sites excluding steroid dienone is 20. The molecule has 0 saturated carbocycles. The highest BCUT2D eigenvalue weighted by Gasteiger charge is 2.48. The molecule has 1 aliphatic rings. The normalized spacial score (nSPS) is 19.9. The maximum absolute atomic E-state index is 12.9. The van der Waals surface area contributed by atoms with Gasteiger partial charge in [-0.05, 0) is 109 Å². The zero-order valence-corrected chi connectivity index (χ0v) is 45.0. The third-order valence-electron chi connectivity index (χ3n) is 11.6. The molecule has 6 unspecified atom stereocenters. The van der Waals surface area contributed by atoms with Crippen LogP contribution in [0.5, 0.6) is 0 Å². The van der Waals surface area contributed by atoms with Crippen molar-refractivity contribution < 1.29 is 56.2 Å². The Morgan fingerprint density at radius 1 is 0.542 bits per heavy atom. The average Bonchev–Trinajstić information content (AvgIpc) is 3.36. The van der Waals surface area contributed by atoms with Crippen molar-refractivity contribution in [2.75, 3.05) is 26.4 Å². The molecule has 0 aromatic heterocycles. The van der Waals surface area contributed by atoms with Crippen LogP contribution in [0.4, 0.5) is 0 Å². The molecule has 0 bridgehead atoms. The lowest BCUT2D eigenvalue weighted by Crippen LogP contribution is -2.60. The molecule has 72 heavy (non-hydrogen) atoms. The van der Waals surface area contributed by atoms with Gasteiger partial charge in [-0.25, -0.2) is 4.18 Å². The fourth-order valence-electron chi connectivity index (χ4n) is 7.48. The predicted molar refractivity (Wildman–Crippen MR) is 294 cm³/mol. The Morgan fingerprint density at radius 2 is 0.958 bits per heavy atom. The van der Waals surface area contributed by atoms with Crippen molar-refractivity contribution in [3.05, 3.63) is 122 Å².